The number of hydrogen-bond donors (Lipinski definition) is 1. The molecule has 0 saturated carbocycles. The maximum Gasteiger partial charge on any atom is 0.312 e. The van der Waals surface area contributed by atoms with Crippen molar-refractivity contribution < 1.29 is 29.0 Å². The van der Waals surface area contributed by atoms with E-state index in [0.29, 0.717) is 17.1 Å². The van der Waals surface area contributed by atoms with E-state index in [4.69, 9.17) is 21.1 Å². The molecular weight excluding hydrogens is 484 g/mol. The molecule has 36 heavy (non-hydrogen) atoms. The predicted molar refractivity (Wildman–Crippen MR) is 136 cm³/mol. The van der Waals surface area contributed by atoms with Crippen LogP contribution in [0.15, 0.2) is 30.9 Å². The maximum atomic E-state index is 14.5. The maximum absolute atomic E-state index is 14.5. The lowest BCUT2D eigenvalue weighted by atomic mass is 9.62. The quantitative estimate of drug-likeness (QED) is 0.419. The van der Waals surface area contributed by atoms with Crippen LogP contribution >= 0.6 is 11.6 Å². The number of anilines is 1. The van der Waals surface area contributed by atoms with E-state index in [2.05, 4.69) is 6.58 Å². The van der Waals surface area contributed by atoms with Crippen LogP contribution in [-0.2, 0) is 23.9 Å². The van der Waals surface area contributed by atoms with E-state index in [9.17, 15) is 19.5 Å². The minimum absolute atomic E-state index is 0.106. The monoisotopic (exact) mass is 518 g/mol. The highest BCUT2D eigenvalue weighted by molar-refractivity contribution is 6.34. The number of likely N-dealkylation sites (tertiary alicyclic amines) is 1. The van der Waals surface area contributed by atoms with Gasteiger partial charge in [0.15, 0.2) is 0 Å². The summed E-state index contributed by atoms with van der Waals surface area (Å²) in [5.41, 5.74) is -0.873. The molecule has 8 nitrogen and oxygen atoms in total. The largest absolute Gasteiger partial charge is 0.466 e. The third kappa shape index (κ3) is 3.60. The van der Waals surface area contributed by atoms with E-state index in [-0.39, 0.29) is 37.5 Å². The van der Waals surface area contributed by atoms with Crippen molar-refractivity contribution in [3.05, 3.63) is 41.4 Å². The first-order valence-corrected chi connectivity index (χ1v) is 12.8. The lowest BCUT2D eigenvalue weighted by Gasteiger charge is -2.39. The van der Waals surface area contributed by atoms with Gasteiger partial charge in [0, 0.05) is 6.54 Å². The third-order valence-electron chi connectivity index (χ3n) is 8.30. The fraction of sp³-hybridized carbons (Fsp3) is 0.593. The minimum atomic E-state index is -1.24. The molecule has 0 radical (unpaired) electrons. The van der Waals surface area contributed by atoms with E-state index in [0.717, 1.165) is 5.56 Å². The van der Waals surface area contributed by atoms with Gasteiger partial charge in [-0.2, -0.15) is 0 Å². The van der Waals surface area contributed by atoms with Crippen LogP contribution in [0.5, 0.6) is 0 Å². The summed E-state index contributed by atoms with van der Waals surface area (Å²) in [4.78, 5) is 44.7. The Morgan fingerprint density at radius 3 is 2.72 bits per heavy atom. The highest BCUT2D eigenvalue weighted by Gasteiger charge is 2.80. The second-order valence-corrected chi connectivity index (χ2v) is 10.8. The molecule has 7 atom stereocenters. The van der Waals surface area contributed by atoms with E-state index in [1.165, 1.54) is 9.80 Å². The van der Waals surface area contributed by atoms with Gasteiger partial charge >= 0.3 is 5.97 Å². The summed E-state index contributed by atoms with van der Waals surface area (Å²) in [7, 11) is 0. The number of nitrogens with zero attached hydrogens (tertiary/aromatic N) is 2. The van der Waals surface area contributed by atoms with E-state index < -0.39 is 41.1 Å². The average Bonchev–Trinajstić information content (AvgIpc) is 3.34. The summed E-state index contributed by atoms with van der Waals surface area (Å²) in [6.45, 7) is 12.9. The number of amides is 2. The van der Waals surface area contributed by atoms with Crippen molar-refractivity contribution in [3.63, 3.8) is 0 Å². The molecule has 2 bridgehead atoms. The number of benzene rings is 1. The van der Waals surface area contributed by atoms with Crippen molar-refractivity contribution in [2.75, 3.05) is 24.7 Å². The van der Waals surface area contributed by atoms with Crippen LogP contribution in [0.3, 0.4) is 0 Å². The molecule has 0 aliphatic carbocycles. The van der Waals surface area contributed by atoms with Crippen molar-refractivity contribution >= 4 is 35.1 Å². The number of aliphatic hydroxyl groups is 1. The van der Waals surface area contributed by atoms with Crippen LogP contribution in [0.4, 0.5) is 5.69 Å². The van der Waals surface area contributed by atoms with E-state index in [1.54, 1.807) is 32.1 Å². The summed E-state index contributed by atoms with van der Waals surface area (Å²) in [5, 5.41) is 10.5. The Hall–Kier alpha value is -2.42. The number of rotatable bonds is 8. The zero-order valence-corrected chi connectivity index (χ0v) is 22.2. The predicted octanol–water partition coefficient (Wildman–Crippen LogP) is 3.12. The van der Waals surface area contributed by atoms with Crippen LogP contribution in [0.1, 0.15) is 39.7 Å². The second-order valence-electron chi connectivity index (χ2n) is 10.4. The Morgan fingerprint density at radius 2 is 2.14 bits per heavy atom. The van der Waals surface area contributed by atoms with Gasteiger partial charge < -0.3 is 24.4 Å². The van der Waals surface area contributed by atoms with Crippen LogP contribution in [0.2, 0.25) is 5.02 Å². The smallest absolute Gasteiger partial charge is 0.312 e. The molecule has 3 fully saturated rings. The molecule has 3 aliphatic rings. The van der Waals surface area contributed by atoms with Crippen LogP contribution in [0, 0.1) is 24.7 Å². The van der Waals surface area contributed by atoms with E-state index in [1.807, 2.05) is 26.8 Å². The Morgan fingerprint density at radius 1 is 1.44 bits per heavy atom. The number of ether oxygens (including phenoxy) is 2. The zero-order valence-electron chi connectivity index (χ0n) is 21.5. The van der Waals surface area contributed by atoms with Crippen LogP contribution < -0.4 is 4.90 Å². The number of esters is 1. The van der Waals surface area contributed by atoms with Gasteiger partial charge in [-0.25, -0.2) is 0 Å². The molecule has 1 aromatic rings. The van der Waals surface area contributed by atoms with Gasteiger partial charge in [-0.05, 0) is 51.7 Å². The minimum Gasteiger partial charge on any atom is -0.466 e. The molecule has 3 heterocycles. The molecule has 1 spiro atoms. The van der Waals surface area contributed by atoms with Crippen LogP contribution in [0.25, 0.3) is 0 Å². The fourth-order valence-corrected chi connectivity index (χ4v) is 6.97. The summed E-state index contributed by atoms with van der Waals surface area (Å²) in [6.07, 6.45) is 2.02. The molecule has 9 heteroatoms. The molecule has 3 unspecified atom stereocenters. The van der Waals surface area contributed by atoms with Crippen LogP contribution in [-0.4, -0.2) is 70.8 Å². The standard InChI is InChI=1S/C27H35ClN2O6/c1-7-12-29(21-15(3)10-9-11-18(21)28)24(33)22-27-13-16(4)26(6,36-27)20(25(34)35-8-2)19(27)23(32)30(22)17(5)14-31/h7,9-11,16-17,19-20,22,31H,1,8,12-14H2,2-6H3/t16?,17-,19+,20+,22?,26-,27?/m1/s1. The summed E-state index contributed by atoms with van der Waals surface area (Å²) >= 11 is 6.56. The molecule has 3 aliphatic heterocycles. The Bertz CT molecular complexity index is 1070. The van der Waals surface area contributed by atoms with Gasteiger partial charge in [0.2, 0.25) is 5.91 Å². The zero-order chi connectivity index (χ0) is 26.6. The van der Waals surface area contributed by atoms with Crippen molar-refractivity contribution in [3.8, 4) is 0 Å². The first-order chi connectivity index (χ1) is 17.0. The van der Waals surface area contributed by atoms with Gasteiger partial charge in [-0.1, -0.05) is 36.7 Å². The molecule has 3 saturated heterocycles. The first-order valence-electron chi connectivity index (χ1n) is 12.5. The topological polar surface area (TPSA) is 96.4 Å². The first kappa shape index (κ1) is 26.6. The van der Waals surface area contributed by atoms with Crippen molar-refractivity contribution in [1.82, 2.24) is 4.90 Å². The third-order valence-corrected chi connectivity index (χ3v) is 8.61. The summed E-state index contributed by atoms with van der Waals surface area (Å²) in [6, 6.07) is 3.64. The highest BCUT2D eigenvalue weighted by atomic mass is 35.5. The molecule has 2 amide bonds. The average molecular weight is 519 g/mol. The lowest BCUT2D eigenvalue weighted by Crippen LogP contribution is -2.58. The number of para-hydroxylation sites is 1. The Kier molecular flexibility index (Phi) is 7.01. The van der Waals surface area contributed by atoms with Gasteiger partial charge in [-0.3, -0.25) is 14.4 Å². The normalized spacial score (nSPS) is 33.4. The number of aryl methyl sites for hydroxylation is 1. The van der Waals surface area contributed by atoms with Crippen molar-refractivity contribution in [2.24, 2.45) is 17.8 Å². The molecule has 4 rings (SSSR count). The number of carbonyl (C=O) groups excluding carboxylic acids is 3. The number of hydrogen-bond acceptors (Lipinski definition) is 6. The Labute approximate surface area is 217 Å². The van der Waals surface area contributed by atoms with Gasteiger partial charge in [0.05, 0.1) is 41.5 Å². The van der Waals surface area contributed by atoms with Gasteiger partial charge in [0.25, 0.3) is 5.91 Å². The number of halogens is 1. The highest BCUT2D eigenvalue weighted by Crippen LogP contribution is 2.65. The van der Waals surface area contributed by atoms with Crippen molar-refractivity contribution in [2.45, 2.75) is 64.3 Å². The van der Waals surface area contributed by atoms with Gasteiger partial charge in [-0.15, -0.1) is 6.58 Å². The molecule has 0 aromatic heterocycles. The summed E-state index contributed by atoms with van der Waals surface area (Å²) < 4.78 is 12.1. The number of carbonyl (C=O) groups is 3. The molecule has 1 N–H and O–H groups in total. The van der Waals surface area contributed by atoms with Crippen molar-refractivity contribution in [1.29, 1.82) is 0 Å². The lowest BCUT2D eigenvalue weighted by molar-refractivity contribution is -0.161. The Balaban J connectivity index is 1.89. The SMILES string of the molecule is C=CCN(C(=O)C1N([C@H](C)CO)C(=O)[C@@H]2[C@@H](C(=O)OCC)[C@]3(C)OC12CC3C)c1c(C)cccc1Cl. The fourth-order valence-electron chi connectivity index (χ4n) is 6.64. The number of aliphatic hydroxyl groups excluding tert-OH is 1. The number of fused-ring (bicyclic) bond motifs is 1. The van der Waals surface area contributed by atoms with E-state index >= 15 is 0 Å². The molecule has 196 valence electrons. The van der Waals surface area contributed by atoms with Gasteiger partial charge in [0.1, 0.15) is 17.6 Å². The summed E-state index contributed by atoms with van der Waals surface area (Å²) in [5.74, 6) is -3.11. The second kappa shape index (κ2) is 9.47. The molecular formula is C27H35ClN2O6. The molecule has 1 aromatic carbocycles.